The topological polar surface area (TPSA) is 120 Å². The highest BCUT2D eigenvalue weighted by Gasteiger charge is 2.42. The number of carbonyl (C=O) groups is 1. The molecule has 33 heavy (non-hydrogen) atoms. The SMILES string of the molecule is Cc1noc(C)c1S(=O)(=O)N1CCC[C@@H]1C(=O)OCc1cc(=O)oc2cc3c(cc12)CCC3. The lowest BCUT2D eigenvalue weighted by Crippen LogP contribution is -2.41. The first-order valence-corrected chi connectivity index (χ1v) is 12.4. The molecule has 3 heterocycles. The van der Waals surface area contributed by atoms with Crippen molar-refractivity contribution >= 4 is 27.0 Å². The molecule has 0 amide bonds. The largest absolute Gasteiger partial charge is 0.460 e. The van der Waals surface area contributed by atoms with Crippen molar-refractivity contribution in [3.05, 3.63) is 56.8 Å². The highest BCUT2D eigenvalue weighted by atomic mass is 32.2. The van der Waals surface area contributed by atoms with E-state index in [9.17, 15) is 18.0 Å². The van der Waals surface area contributed by atoms with Crippen molar-refractivity contribution in [1.29, 1.82) is 0 Å². The summed E-state index contributed by atoms with van der Waals surface area (Å²) in [5.74, 6) is -0.466. The third-order valence-corrected chi connectivity index (χ3v) is 8.58. The van der Waals surface area contributed by atoms with Crippen LogP contribution >= 0.6 is 0 Å². The molecule has 3 aromatic rings. The second-order valence-corrected chi connectivity index (χ2v) is 10.4. The molecule has 1 saturated heterocycles. The molecule has 0 spiro atoms. The lowest BCUT2D eigenvalue weighted by atomic mass is 10.0. The number of sulfonamides is 1. The molecular weight excluding hydrogens is 448 g/mol. The summed E-state index contributed by atoms with van der Waals surface area (Å²) in [4.78, 5) is 25.0. The van der Waals surface area contributed by atoms with Crippen LogP contribution in [0.15, 0.2) is 36.8 Å². The highest BCUT2D eigenvalue weighted by molar-refractivity contribution is 7.89. The van der Waals surface area contributed by atoms with Crippen molar-refractivity contribution in [2.24, 2.45) is 0 Å². The van der Waals surface area contributed by atoms with Gasteiger partial charge in [0, 0.05) is 23.6 Å². The number of rotatable bonds is 5. The minimum absolute atomic E-state index is 0.0114. The number of benzene rings is 1. The molecule has 0 unspecified atom stereocenters. The van der Waals surface area contributed by atoms with Crippen LogP contribution in [0, 0.1) is 13.8 Å². The average Bonchev–Trinajstić information content (AvgIpc) is 3.50. The fraction of sp³-hybridized carbons (Fsp3) is 0.435. The average molecular weight is 473 g/mol. The molecular formula is C23H24N2O7S. The zero-order valence-electron chi connectivity index (χ0n) is 18.4. The third-order valence-electron chi connectivity index (χ3n) is 6.42. The van der Waals surface area contributed by atoms with Gasteiger partial charge in [-0.05, 0) is 69.2 Å². The van der Waals surface area contributed by atoms with E-state index in [1.165, 1.54) is 24.1 Å². The fourth-order valence-electron chi connectivity index (χ4n) is 4.88. The van der Waals surface area contributed by atoms with Crippen molar-refractivity contribution in [2.45, 2.75) is 63.5 Å². The van der Waals surface area contributed by atoms with E-state index in [4.69, 9.17) is 13.7 Å². The summed E-state index contributed by atoms with van der Waals surface area (Å²) in [6, 6.07) is 4.26. The van der Waals surface area contributed by atoms with E-state index >= 15 is 0 Å². The predicted octanol–water partition coefficient (Wildman–Crippen LogP) is 2.78. The number of esters is 1. The van der Waals surface area contributed by atoms with Crippen LogP contribution in [0.3, 0.4) is 0 Å². The van der Waals surface area contributed by atoms with E-state index in [-0.39, 0.29) is 29.5 Å². The monoisotopic (exact) mass is 472 g/mol. The van der Waals surface area contributed by atoms with Crippen molar-refractivity contribution in [2.75, 3.05) is 6.54 Å². The molecule has 1 aliphatic heterocycles. The molecule has 0 saturated carbocycles. The van der Waals surface area contributed by atoms with Crippen LogP contribution in [-0.4, -0.2) is 36.4 Å². The van der Waals surface area contributed by atoms with Crippen LogP contribution in [0.5, 0.6) is 0 Å². The number of carbonyl (C=O) groups excluding carboxylic acids is 1. The van der Waals surface area contributed by atoms with Crippen LogP contribution in [0.25, 0.3) is 11.0 Å². The van der Waals surface area contributed by atoms with Crippen molar-refractivity contribution in [1.82, 2.24) is 9.46 Å². The van der Waals surface area contributed by atoms with Gasteiger partial charge in [0.05, 0.1) is 0 Å². The number of ether oxygens (including phenoxy) is 1. The van der Waals surface area contributed by atoms with E-state index in [1.54, 1.807) is 6.92 Å². The first-order valence-electron chi connectivity index (χ1n) is 11.0. The fourth-order valence-corrected chi connectivity index (χ4v) is 6.82. The summed E-state index contributed by atoms with van der Waals surface area (Å²) in [5, 5.41) is 4.46. The summed E-state index contributed by atoms with van der Waals surface area (Å²) in [5.41, 5.74) is 3.12. The van der Waals surface area contributed by atoms with E-state index in [0.717, 1.165) is 29.0 Å². The molecule has 1 fully saturated rings. The standard InChI is InChI=1S/C23H24N2O7S/c1-13-22(14(2)32-24-13)33(28,29)25-8-4-7-19(25)23(27)30-12-17-11-21(26)31-20-10-16-6-3-5-15(16)9-18(17)20/h9-11,19H,3-8,12H2,1-2H3/t19-/m1/s1. The minimum atomic E-state index is -3.97. The Balaban J connectivity index is 1.39. The molecule has 2 aliphatic rings. The molecule has 1 atom stereocenters. The second-order valence-electron chi connectivity index (χ2n) is 8.60. The summed E-state index contributed by atoms with van der Waals surface area (Å²) >= 11 is 0. The Morgan fingerprint density at radius 3 is 2.67 bits per heavy atom. The van der Waals surface area contributed by atoms with Crippen LogP contribution in [0.2, 0.25) is 0 Å². The van der Waals surface area contributed by atoms with Gasteiger partial charge in [-0.1, -0.05) is 5.16 Å². The maximum absolute atomic E-state index is 13.2. The van der Waals surface area contributed by atoms with Gasteiger partial charge in [-0.3, -0.25) is 4.79 Å². The molecule has 1 aliphatic carbocycles. The van der Waals surface area contributed by atoms with Crippen LogP contribution < -0.4 is 5.63 Å². The van der Waals surface area contributed by atoms with Crippen molar-refractivity contribution in [3.8, 4) is 0 Å². The number of aryl methyl sites for hydroxylation is 4. The van der Waals surface area contributed by atoms with Gasteiger partial charge < -0.3 is 13.7 Å². The molecule has 174 valence electrons. The minimum Gasteiger partial charge on any atom is -0.460 e. The molecule has 2 aromatic heterocycles. The van der Waals surface area contributed by atoms with Gasteiger partial charge in [-0.15, -0.1) is 0 Å². The van der Waals surface area contributed by atoms with Crippen molar-refractivity contribution in [3.63, 3.8) is 0 Å². The Morgan fingerprint density at radius 1 is 1.18 bits per heavy atom. The first kappa shape index (κ1) is 21.8. The van der Waals surface area contributed by atoms with Crippen molar-refractivity contribution < 1.29 is 26.9 Å². The summed E-state index contributed by atoms with van der Waals surface area (Å²) in [7, 11) is -3.97. The van der Waals surface area contributed by atoms with Crippen LogP contribution in [-0.2, 0) is 39.0 Å². The maximum Gasteiger partial charge on any atom is 0.336 e. The molecule has 0 N–H and O–H groups in total. The number of hydrogen-bond acceptors (Lipinski definition) is 8. The van der Waals surface area contributed by atoms with E-state index in [2.05, 4.69) is 5.16 Å². The summed E-state index contributed by atoms with van der Waals surface area (Å²) in [6.07, 6.45) is 3.85. The van der Waals surface area contributed by atoms with Crippen LogP contribution in [0.4, 0.5) is 0 Å². The highest BCUT2D eigenvalue weighted by Crippen LogP contribution is 2.31. The Hall–Kier alpha value is -2.98. The summed E-state index contributed by atoms with van der Waals surface area (Å²) in [6.45, 7) is 3.14. The maximum atomic E-state index is 13.2. The second kappa shape index (κ2) is 8.11. The number of aromatic nitrogens is 1. The molecule has 5 rings (SSSR count). The number of fused-ring (bicyclic) bond motifs is 2. The van der Waals surface area contributed by atoms with Gasteiger partial charge in [-0.2, -0.15) is 4.31 Å². The summed E-state index contributed by atoms with van der Waals surface area (Å²) < 4.78 is 43.5. The Bertz CT molecular complexity index is 1400. The third kappa shape index (κ3) is 3.76. The smallest absolute Gasteiger partial charge is 0.336 e. The van der Waals surface area contributed by atoms with Crippen LogP contribution in [0.1, 0.15) is 47.4 Å². The molecule has 0 radical (unpaired) electrons. The normalized spacial score (nSPS) is 18.7. The number of hydrogen-bond donors (Lipinski definition) is 0. The lowest BCUT2D eigenvalue weighted by Gasteiger charge is -2.22. The van der Waals surface area contributed by atoms with E-state index < -0.39 is 27.7 Å². The lowest BCUT2D eigenvalue weighted by molar-refractivity contribution is -0.148. The van der Waals surface area contributed by atoms with Gasteiger partial charge >= 0.3 is 11.6 Å². The first-order chi connectivity index (χ1) is 15.8. The molecule has 1 aromatic carbocycles. The molecule has 9 nitrogen and oxygen atoms in total. The number of nitrogens with zero attached hydrogens (tertiary/aromatic N) is 2. The molecule has 0 bridgehead atoms. The zero-order valence-corrected chi connectivity index (χ0v) is 19.2. The van der Waals surface area contributed by atoms with E-state index in [0.29, 0.717) is 24.0 Å². The Kier molecular flexibility index (Phi) is 5.37. The van der Waals surface area contributed by atoms with Gasteiger partial charge in [0.25, 0.3) is 0 Å². The predicted molar refractivity (Wildman–Crippen MR) is 117 cm³/mol. The Labute approximate surface area is 190 Å². The van der Waals surface area contributed by atoms with Gasteiger partial charge in [0.1, 0.15) is 28.8 Å². The van der Waals surface area contributed by atoms with Gasteiger partial charge in [-0.25, -0.2) is 13.2 Å². The van der Waals surface area contributed by atoms with E-state index in [1.807, 2.05) is 12.1 Å². The zero-order chi connectivity index (χ0) is 23.3. The Morgan fingerprint density at radius 2 is 1.94 bits per heavy atom. The molecule has 10 heteroatoms. The quantitative estimate of drug-likeness (QED) is 0.411. The van der Waals surface area contributed by atoms with Gasteiger partial charge in [0.2, 0.25) is 10.0 Å². The van der Waals surface area contributed by atoms with Gasteiger partial charge in [0.15, 0.2) is 5.76 Å².